The summed E-state index contributed by atoms with van der Waals surface area (Å²) in [6.45, 7) is 0. The summed E-state index contributed by atoms with van der Waals surface area (Å²) in [6, 6.07) is 73.2. The zero-order valence-corrected chi connectivity index (χ0v) is 33.7. The van der Waals surface area contributed by atoms with Crippen molar-refractivity contribution in [3.63, 3.8) is 0 Å². The molecule has 0 N–H and O–H groups in total. The van der Waals surface area contributed by atoms with Gasteiger partial charge in [0.05, 0.1) is 0 Å². The number of hydrogen-bond acceptors (Lipinski definition) is 3. The summed E-state index contributed by atoms with van der Waals surface area (Å²) in [4.78, 5) is 11.6. The van der Waals surface area contributed by atoms with E-state index in [-0.39, 0.29) is 0 Å². The molecule has 0 atom stereocenters. The average molecular weight is 805 g/mol. The van der Waals surface area contributed by atoms with E-state index in [9.17, 15) is 0 Å². The van der Waals surface area contributed by atoms with Crippen molar-refractivity contribution in [3.8, 4) is 39.5 Å². The van der Waals surface area contributed by atoms with Crippen LogP contribution in [0.2, 0.25) is 0 Å². The van der Waals surface area contributed by atoms with Crippen LogP contribution in [-0.4, -0.2) is 27.8 Å². The molecule has 0 unspecified atom stereocenters. The van der Waals surface area contributed by atoms with Gasteiger partial charge in [-0.1, -0.05) is 0 Å². The molecular formula is C52H33GeN3S. The second kappa shape index (κ2) is 12.7. The summed E-state index contributed by atoms with van der Waals surface area (Å²) < 4.78 is 10.4. The van der Waals surface area contributed by atoms with E-state index in [0.717, 1.165) is 33.9 Å². The van der Waals surface area contributed by atoms with E-state index in [0.29, 0.717) is 0 Å². The van der Waals surface area contributed by atoms with Gasteiger partial charge in [-0.2, -0.15) is 0 Å². The van der Waals surface area contributed by atoms with E-state index in [1.807, 2.05) is 11.3 Å². The zero-order chi connectivity index (χ0) is 37.5. The van der Waals surface area contributed by atoms with E-state index in [2.05, 4.69) is 205 Å². The topological polar surface area (TPSA) is 30.7 Å². The van der Waals surface area contributed by atoms with Crippen molar-refractivity contribution in [1.82, 2.24) is 14.5 Å². The minimum atomic E-state index is -3.73. The first-order valence-corrected chi connectivity index (χ1v) is 24.4. The molecule has 0 saturated heterocycles. The molecule has 4 heterocycles. The number of thiophene rings is 1. The first-order valence-electron chi connectivity index (χ1n) is 19.4. The second-order valence-electron chi connectivity index (χ2n) is 14.8. The van der Waals surface area contributed by atoms with Crippen LogP contribution in [0.3, 0.4) is 0 Å². The van der Waals surface area contributed by atoms with Gasteiger partial charge in [0.15, 0.2) is 0 Å². The Morgan fingerprint density at radius 2 is 1.07 bits per heavy atom. The third-order valence-corrected chi connectivity index (χ3v) is 22.9. The van der Waals surface area contributed by atoms with Crippen LogP contribution in [0.4, 0.5) is 0 Å². The van der Waals surface area contributed by atoms with Gasteiger partial charge < -0.3 is 0 Å². The molecule has 0 fully saturated rings. The van der Waals surface area contributed by atoms with Crippen molar-refractivity contribution in [2.45, 2.75) is 0 Å². The van der Waals surface area contributed by atoms with Crippen molar-refractivity contribution >= 4 is 84.3 Å². The number of aromatic nitrogens is 3. The van der Waals surface area contributed by atoms with Crippen molar-refractivity contribution in [2.24, 2.45) is 0 Å². The molecule has 8 aromatic carbocycles. The molecule has 0 bridgehead atoms. The molecule has 266 valence electrons. The van der Waals surface area contributed by atoms with Gasteiger partial charge in [-0.25, -0.2) is 0 Å². The van der Waals surface area contributed by atoms with Gasteiger partial charge in [-0.05, 0) is 0 Å². The van der Waals surface area contributed by atoms with Crippen LogP contribution in [0.15, 0.2) is 200 Å². The SMILES string of the molecule is c1ccc(-c2nc(-c3ccccc3-n3c4ccccc4c4ccc5sc6ccccc6c5c43)n[c]3c2-c2cccc[c]2[Ge]3([c]2ccccc2)[c]2ccccc2)cc1. The van der Waals surface area contributed by atoms with Crippen LogP contribution in [0.1, 0.15) is 0 Å². The molecule has 3 aromatic heterocycles. The van der Waals surface area contributed by atoms with Crippen LogP contribution < -0.4 is 17.7 Å². The molecule has 0 aliphatic carbocycles. The molecule has 0 amide bonds. The average Bonchev–Trinajstić information content (AvgIpc) is 3.93. The Balaban J connectivity index is 1.23. The summed E-state index contributed by atoms with van der Waals surface area (Å²) >= 11 is -1.87. The van der Waals surface area contributed by atoms with Crippen molar-refractivity contribution in [2.75, 3.05) is 0 Å². The van der Waals surface area contributed by atoms with Gasteiger partial charge in [0.25, 0.3) is 0 Å². The second-order valence-corrected chi connectivity index (χ2v) is 23.6. The predicted octanol–water partition coefficient (Wildman–Crippen LogP) is 10.6. The van der Waals surface area contributed by atoms with E-state index in [1.165, 1.54) is 65.3 Å². The van der Waals surface area contributed by atoms with E-state index < -0.39 is 13.3 Å². The van der Waals surface area contributed by atoms with Crippen molar-refractivity contribution in [1.29, 1.82) is 0 Å². The summed E-state index contributed by atoms with van der Waals surface area (Å²) in [6.07, 6.45) is 0. The number of nitrogens with zero attached hydrogens (tertiary/aromatic N) is 3. The fourth-order valence-corrected chi connectivity index (χ4v) is 21.2. The normalized spacial score (nSPS) is 13.1. The van der Waals surface area contributed by atoms with Crippen LogP contribution in [0.25, 0.3) is 81.4 Å². The van der Waals surface area contributed by atoms with E-state index in [1.54, 1.807) is 0 Å². The third kappa shape index (κ3) is 4.66. The Morgan fingerprint density at radius 3 is 1.84 bits per heavy atom. The molecule has 3 nitrogen and oxygen atoms in total. The van der Waals surface area contributed by atoms with Gasteiger partial charge >= 0.3 is 338 Å². The fourth-order valence-electron chi connectivity index (χ4n) is 9.57. The Morgan fingerprint density at radius 1 is 0.456 bits per heavy atom. The first-order chi connectivity index (χ1) is 28.3. The molecule has 0 saturated carbocycles. The number of para-hydroxylation sites is 2. The molecular weight excluding hydrogens is 771 g/mol. The summed E-state index contributed by atoms with van der Waals surface area (Å²) in [7, 11) is 0. The Labute approximate surface area is 336 Å². The molecule has 57 heavy (non-hydrogen) atoms. The fraction of sp³-hybridized carbons (Fsp3) is 0. The van der Waals surface area contributed by atoms with E-state index >= 15 is 0 Å². The maximum absolute atomic E-state index is 5.92. The number of rotatable bonds is 5. The Bertz CT molecular complexity index is 3310. The summed E-state index contributed by atoms with van der Waals surface area (Å²) in [5, 5.41) is 5.05. The van der Waals surface area contributed by atoms with Crippen molar-refractivity contribution in [3.05, 3.63) is 200 Å². The maximum atomic E-state index is 5.92. The van der Waals surface area contributed by atoms with Crippen LogP contribution >= 0.6 is 11.3 Å². The van der Waals surface area contributed by atoms with Gasteiger partial charge in [0, 0.05) is 0 Å². The van der Waals surface area contributed by atoms with Gasteiger partial charge in [0.2, 0.25) is 0 Å². The monoisotopic (exact) mass is 805 g/mol. The first kappa shape index (κ1) is 32.6. The quantitative estimate of drug-likeness (QED) is 0.162. The zero-order valence-electron chi connectivity index (χ0n) is 30.8. The van der Waals surface area contributed by atoms with Gasteiger partial charge in [-0.3, -0.25) is 0 Å². The number of hydrogen-bond donors (Lipinski definition) is 0. The molecule has 5 heteroatoms. The molecule has 0 radical (unpaired) electrons. The Kier molecular flexibility index (Phi) is 7.28. The van der Waals surface area contributed by atoms with Gasteiger partial charge in [0.1, 0.15) is 0 Å². The number of fused-ring (bicyclic) bond motifs is 10. The molecule has 1 aliphatic rings. The van der Waals surface area contributed by atoms with Gasteiger partial charge in [-0.15, -0.1) is 0 Å². The standard InChI is InChI=1S/C52H33GeN3S/c1-4-18-34(19-5-1)49-48-39-25-10-14-28-42(39)53(35-20-6-2-7-21-35,36-22-8-3-9-23-36)51(48)55-52(54-49)40-26-12-16-30-44(40)56-43-29-15-11-24-37(43)38-32-33-46-47(50(38)56)41-27-13-17-31-45(41)57-46/h1-33H. The summed E-state index contributed by atoms with van der Waals surface area (Å²) in [5.74, 6) is 0.742. The predicted molar refractivity (Wildman–Crippen MR) is 243 cm³/mol. The third-order valence-electron chi connectivity index (χ3n) is 11.9. The number of benzene rings is 8. The molecule has 0 spiro atoms. The molecule has 12 rings (SSSR count). The van der Waals surface area contributed by atoms with Crippen LogP contribution in [0, 0.1) is 0 Å². The molecule has 1 aliphatic heterocycles. The Hall–Kier alpha value is -6.60. The van der Waals surface area contributed by atoms with E-state index in [4.69, 9.17) is 9.97 Å². The molecule has 11 aromatic rings. The van der Waals surface area contributed by atoms with Crippen LogP contribution in [0.5, 0.6) is 0 Å². The van der Waals surface area contributed by atoms with Crippen LogP contribution in [-0.2, 0) is 0 Å². The summed E-state index contributed by atoms with van der Waals surface area (Å²) in [5.41, 5.74) is 8.93. The minimum absolute atomic E-state index is 0.742. The van der Waals surface area contributed by atoms with Crippen molar-refractivity contribution < 1.29 is 0 Å².